The summed E-state index contributed by atoms with van der Waals surface area (Å²) in [7, 11) is 0. The lowest BCUT2D eigenvalue weighted by atomic mass is 10.2. The molecule has 1 aromatic carbocycles. The summed E-state index contributed by atoms with van der Waals surface area (Å²) < 4.78 is 11.0. The van der Waals surface area contributed by atoms with Crippen molar-refractivity contribution in [3.05, 3.63) is 29.3 Å². The van der Waals surface area contributed by atoms with Crippen molar-refractivity contribution < 1.29 is 24.2 Å². The number of hydrogen-bond acceptors (Lipinski definition) is 4. The highest BCUT2D eigenvalue weighted by molar-refractivity contribution is 6.30. The zero-order chi connectivity index (χ0) is 17.2. The molecule has 1 aliphatic heterocycles. The summed E-state index contributed by atoms with van der Waals surface area (Å²) in [6, 6.07) is 5.82. The van der Waals surface area contributed by atoms with Gasteiger partial charge in [0.15, 0.2) is 0 Å². The van der Waals surface area contributed by atoms with Crippen LogP contribution in [0.25, 0.3) is 0 Å². The van der Waals surface area contributed by atoms with Gasteiger partial charge < -0.3 is 14.6 Å². The Morgan fingerprint density at radius 3 is 2.39 bits per heavy atom. The number of halogens is 1. The van der Waals surface area contributed by atoms with Gasteiger partial charge >= 0.3 is 12.1 Å². The summed E-state index contributed by atoms with van der Waals surface area (Å²) in [5.41, 5.74) is -0.685. The summed E-state index contributed by atoms with van der Waals surface area (Å²) in [5.74, 6) is -0.493. The van der Waals surface area contributed by atoms with E-state index in [1.54, 1.807) is 45.0 Å². The minimum absolute atomic E-state index is 0.161. The molecule has 0 aliphatic carbocycles. The predicted molar refractivity (Wildman–Crippen MR) is 84.8 cm³/mol. The molecule has 1 aromatic rings. The summed E-state index contributed by atoms with van der Waals surface area (Å²) in [5, 5.41) is 9.91. The molecule has 2 atom stereocenters. The van der Waals surface area contributed by atoms with Crippen LogP contribution in [-0.2, 0) is 9.53 Å². The first kappa shape index (κ1) is 17.4. The topological polar surface area (TPSA) is 76.1 Å². The molecule has 0 spiro atoms. The minimum atomic E-state index is -1.07. The molecule has 0 radical (unpaired) electrons. The number of aliphatic carboxylic acids is 1. The molecule has 1 fully saturated rings. The lowest BCUT2D eigenvalue weighted by Gasteiger charge is -2.26. The van der Waals surface area contributed by atoms with Crippen LogP contribution in [0.5, 0.6) is 5.75 Å². The first-order valence-electron chi connectivity index (χ1n) is 7.30. The van der Waals surface area contributed by atoms with E-state index in [1.165, 1.54) is 4.90 Å². The number of carbonyl (C=O) groups excluding carboxylic acids is 1. The van der Waals surface area contributed by atoms with Crippen LogP contribution in [0.4, 0.5) is 4.79 Å². The van der Waals surface area contributed by atoms with E-state index < -0.39 is 29.8 Å². The van der Waals surface area contributed by atoms with Crippen LogP contribution in [0.15, 0.2) is 24.3 Å². The van der Waals surface area contributed by atoms with Crippen molar-refractivity contribution in [2.24, 2.45) is 0 Å². The van der Waals surface area contributed by atoms with Crippen LogP contribution >= 0.6 is 11.6 Å². The third-order valence-electron chi connectivity index (χ3n) is 3.29. The Bertz CT molecular complexity index is 581. The van der Waals surface area contributed by atoms with Crippen LogP contribution in [0, 0.1) is 0 Å². The number of rotatable bonds is 3. The molecule has 1 amide bonds. The SMILES string of the molecule is CC(C)(C)OC(=O)N1C[C@@H](Oc2ccc(Cl)cc2)C[C@H]1C(=O)O. The number of nitrogens with zero attached hydrogens (tertiary/aromatic N) is 1. The summed E-state index contributed by atoms with van der Waals surface area (Å²) >= 11 is 5.82. The number of amides is 1. The zero-order valence-electron chi connectivity index (χ0n) is 13.3. The third kappa shape index (κ3) is 4.76. The predicted octanol–water partition coefficient (Wildman–Crippen LogP) is 3.18. The smallest absolute Gasteiger partial charge is 0.411 e. The number of carboxylic acid groups (broad SMARTS) is 1. The summed E-state index contributed by atoms with van der Waals surface area (Å²) in [6.45, 7) is 5.36. The van der Waals surface area contributed by atoms with Crippen molar-refractivity contribution >= 4 is 23.7 Å². The van der Waals surface area contributed by atoms with Gasteiger partial charge in [0, 0.05) is 11.4 Å². The fourth-order valence-corrected chi connectivity index (χ4v) is 2.47. The number of ether oxygens (including phenoxy) is 2. The van der Waals surface area contributed by atoms with E-state index in [0.717, 1.165) is 0 Å². The van der Waals surface area contributed by atoms with Crippen LogP contribution in [0.1, 0.15) is 27.2 Å². The average Bonchev–Trinajstić information content (AvgIpc) is 2.84. The lowest BCUT2D eigenvalue weighted by Crippen LogP contribution is -2.43. The van der Waals surface area contributed by atoms with Gasteiger partial charge in [-0.3, -0.25) is 4.90 Å². The van der Waals surface area contributed by atoms with Crippen molar-refractivity contribution in [1.29, 1.82) is 0 Å². The molecule has 1 saturated heterocycles. The Hall–Kier alpha value is -1.95. The van der Waals surface area contributed by atoms with Crippen molar-refractivity contribution in [2.45, 2.75) is 44.9 Å². The molecule has 126 valence electrons. The Labute approximate surface area is 139 Å². The highest BCUT2D eigenvalue weighted by Gasteiger charge is 2.42. The molecule has 0 unspecified atom stereocenters. The normalized spacial score (nSPS) is 21.1. The zero-order valence-corrected chi connectivity index (χ0v) is 14.0. The number of carbonyl (C=O) groups is 2. The average molecular weight is 342 g/mol. The molecule has 2 rings (SSSR count). The van der Waals surface area contributed by atoms with E-state index in [0.29, 0.717) is 10.8 Å². The maximum atomic E-state index is 12.2. The first-order chi connectivity index (χ1) is 10.7. The molecule has 0 bridgehead atoms. The molecule has 0 aromatic heterocycles. The lowest BCUT2D eigenvalue weighted by molar-refractivity contribution is -0.142. The highest BCUT2D eigenvalue weighted by Crippen LogP contribution is 2.26. The van der Waals surface area contributed by atoms with Crippen LogP contribution < -0.4 is 4.74 Å². The van der Waals surface area contributed by atoms with Gasteiger partial charge in [-0.1, -0.05) is 11.6 Å². The second kappa shape index (κ2) is 6.66. The van der Waals surface area contributed by atoms with Crippen LogP contribution in [-0.4, -0.2) is 46.4 Å². The molecular formula is C16H20ClNO5. The van der Waals surface area contributed by atoms with Gasteiger partial charge in [0.25, 0.3) is 0 Å². The molecule has 23 heavy (non-hydrogen) atoms. The molecule has 0 saturated carbocycles. The Morgan fingerprint density at radius 1 is 1.26 bits per heavy atom. The number of likely N-dealkylation sites (tertiary alicyclic amines) is 1. The number of benzene rings is 1. The number of carboxylic acids is 1. The van der Waals surface area contributed by atoms with E-state index in [1.807, 2.05) is 0 Å². The summed E-state index contributed by atoms with van der Waals surface area (Å²) in [4.78, 5) is 24.8. The Balaban J connectivity index is 2.06. The van der Waals surface area contributed by atoms with E-state index in [-0.39, 0.29) is 13.0 Å². The van der Waals surface area contributed by atoms with Crippen LogP contribution in [0.2, 0.25) is 5.02 Å². The largest absolute Gasteiger partial charge is 0.488 e. The Morgan fingerprint density at radius 2 is 1.87 bits per heavy atom. The monoisotopic (exact) mass is 341 g/mol. The highest BCUT2D eigenvalue weighted by atomic mass is 35.5. The van der Waals surface area contributed by atoms with Crippen molar-refractivity contribution in [3.63, 3.8) is 0 Å². The molecule has 1 aliphatic rings. The van der Waals surface area contributed by atoms with Gasteiger partial charge in [0.2, 0.25) is 0 Å². The molecule has 7 heteroatoms. The second-order valence-corrected chi connectivity index (χ2v) is 6.85. The molecule has 1 heterocycles. The van der Waals surface area contributed by atoms with Crippen LogP contribution in [0.3, 0.4) is 0 Å². The van der Waals surface area contributed by atoms with Crippen molar-refractivity contribution in [3.8, 4) is 5.75 Å². The fourth-order valence-electron chi connectivity index (χ4n) is 2.34. The van der Waals surface area contributed by atoms with Crippen molar-refractivity contribution in [1.82, 2.24) is 4.90 Å². The first-order valence-corrected chi connectivity index (χ1v) is 7.68. The standard InChI is InChI=1S/C16H20ClNO5/c1-16(2,3)23-15(21)18-9-12(8-13(18)14(19)20)22-11-6-4-10(17)5-7-11/h4-7,12-13H,8-9H2,1-3H3,(H,19,20)/t12-,13-/m0/s1. The van der Waals surface area contributed by atoms with Gasteiger partial charge in [0.1, 0.15) is 23.5 Å². The maximum Gasteiger partial charge on any atom is 0.411 e. The molecular weight excluding hydrogens is 322 g/mol. The summed E-state index contributed by atoms with van der Waals surface area (Å²) in [6.07, 6.45) is -0.853. The maximum absolute atomic E-state index is 12.2. The van der Waals surface area contributed by atoms with E-state index in [2.05, 4.69) is 0 Å². The molecule has 1 N–H and O–H groups in total. The van der Waals surface area contributed by atoms with E-state index >= 15 is 0 Å². The Kier molecular flexibility index (Phi) is 5.04. The van der Waals surface area contributed by atoms with Crippen molar-refractivity contribution in [2.75, 3.05) is 6.54 Å². The van der Waals surface area contributed by atoms with Gasteiger partial charge in [-0.2, -0.15) is 0 Å². The number of hydrogen-bond donors (Lipinski definition) is 1. The minimum Gasteiger partial charge on any atom is -0.488 e. The molecule has 6 nitrogen and oxygen atoms in total. The quantitative estimate of drug-likeness (QED) is 0.913. The van der Waals surface area contributed by atoms with Gasteiger partial charge in [-0.05, 0) is 45.0 Å². The second-order valence-electron chi connectivity index (χ2n) is 6.42. The van der Waals surface area contributed by atoms with Gasteiger partial charge in [-0.15, -0.1) is 0 Å². The van der Waals surface area contributed by atoms with Gasteiger partial charge in [-0.25, -0.2) is 9.59 Å². The van der Waals surface area contributed by atoms with Gasteiger partial charge in [0.05, 0.1) is 6.54 Å². The van der Waals surface area contributed by atoms with E-state index in [4.69, 9.17) is 21.1 Å². The third-order valence-corrected chi connectivity index (χ3v) is 3.54. The van der Waals surface area contributed by atoms with E-state index in [9.17, 15) is 14.7 Å². The fraction of sp³-hybridized carbons (Fsp3) is 0.500.